The highest BCUT2D eigenvalue weighted by molar-refractivity contribution is 5.82. The van der Waals surface area contributed by atoms with E-state index in [1.807, 2.05) is 24.3 Å². The average molecular weight is 373 g/mol. The van der Waals surface area contributed by atoms with Gasteiger partial charge in [-0.25, -0.2) is 0 Å². The van der Waals surface area contributed by atoms with Crippen LogP contribution in [0.15, 0.2) is 42.5 Å². The maximum absolute atomic E-state index is 12.5. The second-order valence-corrected chi connectivity index (χ2v) is 5.94. The van der Waals surface area contributed by atoms with Crippen molar-refractivity contribution >= 4 is 5.91 Å². The van der Waals surface area contributed by atoms with Crippen LogP contribution < -0.4 is 29.0 Å². The van der Waals surface area contributed by atoms with Crippen molar-refractivity contribution in [3.63, 3.8) is 0 Å². The van der Waals surface area contributed by atoms with Crippen LogP contribution in [0.2, 0.25) is 0 Å². The highest BCUT2D eigenvalue weighted by Gasteiger charge is 2.33. The Labute approximate surface area is 158 Å². The molecule has 1 N–H and O–H groups in total. The molecule has 1 aliphatic rings. The lowest BCUT2D eigenvalue weighted by atomic mass is 10.1. The van der Waals surface area contributed by atoms with Gasteiger partial charge in [-0.05, 0) is 31.2 Å². The zero-order chi connectivity index (χ0) is 19.2. The van der Waals surface area contributed by atoms with Gasteiger partial charge in [-0.1, -0.05) is 18.2 Å². The zero-order valence-electron chi connectivity index (χ0n) is 15.6. The molecule has 0 unspecified atom stereocenters. The molecule has 0 bridgehead atoms. The van der Waals surface area contributed by atoms with E-state index in [4.69, 9.17) is 23.7 Å². The van der Waals surface area contributed by atoms with Crippen molar-refractivity contribution < 1.29 is 28.5 Å². The van der Waals surface area contributed by atoms with Crippen molar-refractivity contribution in [3.05, 3.63) is 42.5 Å². The molecule has 2 aromatic carbocycles. The monoisotopic (exact) mass is 373 g/mol. The molecule has 0 saturated carbocycles. The van der Waals surface area contributed by atoms with E-state index in [9.17, 15) is 4.79 Å². The summed E-state index contributed by atoms with van der Waals surface area (Å²) in [5, 5.41) is 2.81. The Morgan fingerprint density at radius 3 is 2.26 bits per heavy atom. The van der Waals surface area contributed by atoms with Gasteiger partial charge in [0.25, 0.3) is 5.91 Å². The van der Waals surface area contributed by atoms with Gasteiger partial charge < -0.3 is 29.0 Å². The van der Waals surface area contributed by atoms with Crippen LogP contribution in [0, 0.1) is 0 Å². The number of carbonyl (C=O) groups is 1. The topological polar surface area (TPSA) is 75.2 Å². The number of ether oxygens (including phenoxy) is 5. The Morgan fingerprint density at radius 1 is 1.00 bits per heavy atom. The minimum atomic E-state index is -0.722. The summed E-state index contributed by atoms with van der Waals surface area (Å²) in [5.74, 6) is 2.57. The van der Waals surface area contributed by atoms with Crippen molar-refractivity contribution in [3.8, 4) is 28.7 Å². The lowest BCUT2D eigenvalue weighted by Gasteiger charge is -2.31. The summed E-state index contributed by atoms with van der Waals surface area (Å²) in [5.41, 5.74) is 0. The van der Waals surface area contributed by atoms with Crippen molar-refractivity contribution in [2.45, 2.75) is 19.1 Å². The van der Waals surface area contributed by atoms with Gasteiger partial charge in [-0.15, -0.1) is 0 Å². The predicted octanol–water partition coefficient (Wildman–Crippen LogP) is 2.43. The van der Waals surface area contributed by atoms with Gasteiger partial charge >= 0.3 is 0 Å². The van der Waals surface area contributed by atoms with Gasteiger partial charge in [0.2, 0.25) is 11.9 Å². The van der Waals surface area contributed by atoms with Crippen LogP contribution in [0.1, 0.15) is 6.92 Å². The Bertz CT molecular complexity index is 772. The molecule has 0 fully saturated rings. The maximum Gasteiger partial charge on any atom is 0.265 e. The van der Waals surface area contributed by atoms with Gasteiger partial charge in [0.1, 0.15) is 12.7 Å². The standard InChI is InChI=1S/C20H23NO6/c1-13-18(27-15-8-5-4-7-14(15)26-13)20(22)21-11-12-25-19-16(23-2)9-6-10-17(19)24-3/h4-10,13,18H,11-12H2,1-3H3,(H,21,22)/t13-,18-/m0/s1. The normalized spacial score (nSPS) is 17.7. The van der Waals surface area contributed by atoms with Crippen LogP contribution in [0.4, 0.5) is 0 Å². The molecule has 144 valence electrons. The average Bonchev–Trinajstić information content (AvgIpc) is 2.70. The van der Waals surface area contributed by atoms with E-state index in [0.717, 1.165) is 0 Å². The zero-order valence-corrected chi connectivity index (χ0v) is 15.6. The molecule has 1 amide bonds. The van der Waals surface area contributed by atoms with Crippen molar-refractivity contribution in [1.29, 1.82) is 0 Å². The third-order valence-corrected chi connectivity index (χ3v) is 4.13. The number of hydrogen-bond donors (Lipinski definition) is 1. The largest absolute Gasteiger partial charge is 0.493 e. The Balaban J connectivity index is 1.54. The van der Waals surface area contributed by atoms with E-state index < -0.39 is 12.2 Å². The van der Waals surface area contributed by atoms with Crippen molar-refractivity contribution in [2.24, 2.45) is 0 Å². The van der Waals surface area contributed by atoms with Crippen LogP contribution in [0.5, 0.6) is 28.7 Å². The minimum Gasteiger partial charge on any atom is -0.493 e. The number of carbonyl (C=O) groups excluding carboxylic acids is 1. The fourth-order valence-corrected chi connectivity index (χ4v) is 2.79. The number of fused-ring (bicyclic) bond motifs is 1. The molecule has 1 heterocycles. The smallest absolute Gasteiger partial charge is 0.265 e. The van der Waals surface area contributed by atoms with E-state index in [1.165, 1.54) is 0 Å². The third-order valence-electron chi connectivity index (χ3n) is 4.13. The van der Waals surface area contributed by atoms with Crippen LogP contribution >= 0.6 is 0 Å². The minimum absolute atomic E-state index is 0.251. The molecular weight excluding hydrogens is 350 g/mol. The molecule has 2 aromatic rings. The van der Waals surface area contributed by atoms with Gasteiger partial charge in [-0.2, -0.15) is 0 Å². The first-order chi connectivity index (χ1) is 13.1. The summed E-state index contributed by atoms with van der Waals surface area (Å²) in [6, 6.07) is 12.7. The van der Waals surface area contributed by atoms with Gasteiger partial charge in [0, 0.05) is 0 Å². The van der Waals surface area contributed by atoms with Crippen molar-refractivity contribution in [1.82, 2.24) is 5.32 Å². The molecule has 0 aromatic heterocycles. The second-order valence-electron chi connectivity index (χ2n) is 5.94. The summed E-state index contributed by atoms with van der Waals surface area (Å²) >= 11 is 0. The third kappa shape index (κ3) is 4.19. The lowest BCUT2D eigenvalue weighted by Crippen LogP contribution is -2.49. The molecule has 7 nitrogen and oxygen atoms in total. The van der Waals surface area contributed by atoms with Crippen molar-refractivity contribution in [2.75, 3.05) is 27.4 Å². The molecule has 27 heavy (non-hydrogen) atoms. The Hall–Kier alpha value is -3.09. The highest BCUT2D eigenvalue weighted by atomic mass is 16.6. The number of hydrogen-bond acceptors (Lipinski definition) is 6. The first kappa shape index (κ1) is 18.7. The quantitative estimate of drug-likeness (QED) is 0.752. The summed E-state index contributed by atoms with van der Waals surface area (Å²) in [6.07, 6.45) is -1.11. The van der Waals surface area contributed by atoms with Crippen LogP contribution in [0.3, 0.4) is 0 Å². The number of nitrogens with one attached hydrogen (secondary N) is 1. The molecule has 7 heteroatoms. The maximum atomic E-state index is 12.5. The first-order valence-corrected chi connectivity index (χ1v) is 8.68. The van der Waals surface area contributed by atoms with Gasteiger partial charge in [0.05, 0.1) is 20.8 Å². The summed E-state index contributed by atoms with van der Waals surface area (Å²) < 4.78 is 27.8. The molecule has 3 rings (SSSR count). The summed E-state index contributed by atoms with van der Waals surface area (Å²) in [7, 11) is 3.12. The van der Waals surface area contributed by atoms with Crippen LogP contribution in [0.25, 0.3) is 0 Å². The fraction of sp³-hybridized carbons (Fsp3) is 0.350. The van der Waals surface area contributed by atoms with Crippen LogP contribution in [-0.2, 0) is 4.79 Å². The van der Waals surface area contributed by atoms with E-state index in [-0.39, 0.29) is 12.5 Å². The summed E-state index contributed by atoms with van der Waals surface area (Å²) in [4.78, 5) is 12.5. The molecular formula is C20H23NO6. The second kappa shape index (κ2) is 8.53. The van der Waals surface area contributed by atoms with Gasteiger partial charge in [-0.3, -0.25) is 4.79 Å². The molecule has 0 radical (unpaired) electrons. The molecule has 0 aliphatic carbocycles. The first-order valence-electron chi connectivity index (χ1n) is 8.68. The fourth-order valence-electron chi connectivity index (χ4n) is 2.79. The summed E-state index contributed by atoms with van der Waals surface area (Å²) in [6.45, 7) is 2.35. The van der Waals surface area contributed by atoms with E-state index >= 15 is 0 Å². The lowest BCUT2D eigenvalue weighted by molar-refractivity contribution is -0.133. The Morgan fingerprint density at radius 2 is 1.63 bits per heavy atom. The predicted molar refractivity (Wildman–Crippen MR) is 99.0 cm³/mol. The SMILES string of the molecule is COc1cccc(OC)c1OCCNC(=O)[C@H]1Oc2ccccc2O[C@H]1C. The molecule has 1 aliphatic heterocycles. The molecule has 0 spiro atoms. The molecule has 0 saturated heterocycles. The number of methoxy groups -OCH3 is 2. The van der Waals surface area contributed by atoms with Crippen LogP contribution in [-0.4, -0.2) is 45.5 Å². The van der Waals surface area contributed by atoms with E-state index in [2.05, 4.69) is 5.32 Å². The van der Waals surface area contributed by atoms with Gasteiger partial charge in [0.15, 0.2) is 23.0 Å². The highest BCUT2D eigenvalue weighted by Crippen LogP contribution is 2.36. The number of amides is 1. The molecule has 2 atom stereocenters. The Kier molecular flexibility index (Phi) is 5.90. The number of para-hydroxylation sites is 3. The van der Waals surface area contributed by atoms with E-state index in [1.54, 1.807) is 39.3 Å². The van der Waals surface area contributed by atoms with E-state index in [0.29, 0.717) is 35.3 Å². The number of benzene rings is 2. The number of rotatable bonds is 7.